The molecular formula is C19H24Cl2N4. The van der Waals surface area contributed by atoms with Crippen LogP contribution >= 0.6 is 24.8 Å². The molecule has 134 valence electrons. The van der Waals surface area contributed by atoms with E-state index in [0.29, 0.717) is 6.04 Å². The van der Waals surface area contributed by atoms with Crippen LogP contribution in [0.4, 0.5) is 5.69 Å². The number of halogens is 2. The first-order chi connectivity index (χ1) is 11.4. The number of aromatic amines is 1. The van der Waals surface area contributed by atoms with Crippen LogP contribution in [0.5, 0.6) is 0 Å². The predicted molar refractivity (Wildman–Crippen MR) is 109 cm³/mol. The molecule has 0 aliphatic carbocycles. The molecule has 1 saturated heterocycles. The summed E-state index contributed by atoms with van der Waals surface area (Å²) in [5.41, 5.74) is 3.69. The van der Waals surface area contributed by atoms with Crippen LogP contribution in [0.2, 0.25) is 0 Å². The van der Waals surface area contributed by atoms with Crippen LogP contribution in [0.1, 0.15) is 18.4 Å². The summed E-state index contributed by atoms with van der Waals surface area (Å²) >= 11 is 0. The van der Waals surface area contributed by atoms with Gasteiger partial charge in [-0.25, -0.2) is 0 Å². The lowest BCUT2D eigenvalue weighted by molar-refractivity contribution is 0.211. The van der Waals surface area contributed by atoms with Gasteiger partial charge < -0.3 is 5.32 Å². The minimum atomic E-state index is 0. The summed E-state index contributed by atoms with van der Waals surface area (Å²) in [6.07, 6.45) is 4.26. The Morgan fingerprint density at radius 1 is 1.04 bits per heavy atom. The minimum Gasteiger partial charge on any atom is -0.382 e. The first-order valence-electron chi connectivity index (χ1n) is 8.33. The van der Waals surface area contributed by atoms with E-state index in [0.717, 1.165) is 30.5 Å². The third-order valence-corrected chi connectivity index (χ3v) is 4.65. The maximum absolute atomic E-state index is 4.08. The molecule has 6 heteroatoms. The summed E-state index contributed by atoms with van der Waals surface area (Å²) in [5.74, 6) is 0. The second kappa shape index (κ2) is 9.09. The molecule has 2 aromatic carbocycles. The van der Waals surface area contributed by atoms with Crippen molar-refractivity contribution in [2.45, 2.75) is 25.4 Å². The van der Waals surface area contributed by atoms with Gasteiger partial charge in [0.05, 0.1) is 11.7 Å². The number of H-pyrrole nitrogens is 1. The molecule has 1 aliphatic rings. The van der Waals surface area contributed by atoms with Crippen molar-refractivity contribution in [3.8, 4) is 0 Å². The van der Waals surface area contributed by atoms with Crippen molar-refractivity contribution in [3.05, 3.63) is 60.3 Å². The molecule has 4 nitrogen and oxygen atoms in total. The molecule has 3 aromatic rings. The molecule has 25 heavy (non-hydrogen) atoms. The van der Waals surface area contributed by atoms with Crippen molar-refractivity contribution in [2.75, 3.05) is 18.4 Å². The molecule has 0 unspecified atom stereocenters. The molecule has 2 heterocycles. The van der Waals surface area contributed by atoms with Gasteiger partial charge in [0.25, 0.3) is 0 Å². The van der Waals surface area contributed by atoms with Gasteiger partial charge in [-0.2, -0.15) is 5.10 Å². The van der Waals surface area contributed by atoms with E-state index in [1.54, 1.807) is 0 Å². The molecule has 1 fully saturated rings. The molecule has 4 rings (SSSR count). The number of aromatic nitrogens is 2. The van der Waals surface area contributed by atoms with Crippen LogP contribution in [0.15, 0.2) is 54.7 Å². The number of likely N-dealkylation sites (tertiary alicyclic amines) is 1. The standard InChI is InChI=1S/C19H22N4.2ClH/c1-2-4-15(5-3-1)14-23-10-8-17(9-11-23)21-18-6-7-19-16(12-18)13-20-22-19;;/h1-7,12-13,17,21H,8-11,14H2,(H,20,22);2*1H. The molecule has 1 aliphatic heterocycles. The highest BCUT2D eigenvalue weighted by molar-refractivity contribution is 5.85. The summed E-state index contributed by atoms with van der Waals surface area (Å²) in [6.45, 7) is 3.37. The lowest BCUT2D eigenvalue weighted by atomic mass is 10.0. The number of rotatable bonds is 4. The van der Waals surface area contributed by atoms with E-state index in [9.17, 15) is 0 Å². The summed E-state index contributed by atoms with van der Waals surface area (Å²) in [5, 5.41) is 11.9. The Labute approximate surface area is 160 Å². The van der Waals surface area contributed by atoms with Gasteiger partial charge in [-0.3, -0.25) is 10.00 Å². The number of nitrogens with one attached hydrogen (secondary N) is 2. The van der Waals surface area contributed by atoms with Crippen molar-refractivity contribution in [1.29, 1.82) is 0 Å². The van der Waals surface area contributed by atoms with Crippen LogP contribution in [-0.4, -0.2) is 34.2 Å². The molecule has 2 N–H and O–H groups in total. The number of benzene rings is 2. The van der Waals surface area contributed by atoms with E-state index in [-0.39, 0.29) is 24.8 Å². The van der Waals surface area contributed by atoms with Gasteiger partial charge in [0.2, 0.25) is 0 Å². The number of anilines is 1. The average molecular weight is 379 g/mol. The molecule has 0 saturated carbocycles. The van der Waals surface area contributed by atoms with Gasteiger partial charge in [-0.1, -0.05) is 30.3 Å². The quantitative estimate of drug-likeness (QED) is 0.702. The van der Waals surface area contributed by atoms with Gasteiger partial charge in [0.15, 0.2) is 0 Å². The summed E-state index contributed by atoms with van der Waals surface area (Å²) < 4.78 is 0. The second-order valence-electron chi connectivity index (χ2n) is 6.35. The topological polar surface area (TPSA) is 44.0 Å². The first kappa shape index (κ1) is 19.6. The predicted octanol–water partition coefficient (Wildman–Crippen LogP) is 4.48. The van der Waals surface area contributed by atoms with Crippen molar-refractivity contribution < 1.29 is 0 Å². The van der Waals surface area contributed by atoms with E-state index in [2.05, 4.69) is 68.9 Å². The number of fused-ring (bicyclic) bond motifs is 1. The highest BCUT2D eigenvalue weighted by atomic mass is 35.5. The zero-order valence-electron chi connectivity index (χ0n) is 14.0. The smallest absolute Gasteiger partial charge is 0.0651 e. The van der Waals surface area contributed by atoms with Crippen LogP contribution in [0.25, 0.3) is 10.9 Å². The van der Waals surface area contributed by atoms with Gasteiger partial charge in [-0.15, -0.1) is 24.8 Å². The van der Waals surface area contributed by atoms with Crippen LogP contribution in [0.3, 0.4) is 0 Å². The first-order valence-corrected chi connectivity index (χ1v) is 8.33. The van der Waals surface area contributed by atoms with E-state index >= 15 is 0 Å². The van der Waals surface area contributed by atoms with Crippen LogP contribution < -0.4 is 5.32 Å². The number of hydrogen-bond acceptors (Lipinski definition) is 3. The number of nitrogens with zero attached hydrogens (tertiary/aromatic N) is 2. The molecule has 0 radical (unpaired) electrons. The largest absolute Gasteiger partial charge is 0.382 e. The Morgan fingerprint density at radius 2 is 1.80 bits per heavy atom. The van der Waals surface area contributed by atoms with E-state index in [1.165, 1.54) is 24.1 Å². The molecule has 0 spiro atoms. The number of piperidine rings is 1. The van der Waals surface area contributed by atoms with Gasteiger partial charge in [0, 0.05) is 36.7 Å². The van der Waals surface area contributed by atoms with E-state index in [1.807, 2.05) is 6.20 Å². The average Bonchev–Trinajstić information content (AvgIpc) is 3.05. The maximum Gasteiger partial charge on any atom is 0.0651 e. The SMILES string of the molecule is Cl.Cl.c1ccc(CN2CCC(Nc3ccc4[nH]ncc4c3)CC2)cc1. The number of hydrogen-bond donors (Lipinski definition) is 2. The fourth-order valence-electron chi connectivity index (χ4n) is 3.35. The third kappa shape index (κ3) is 4.88. The fourth-order valence-corrected chi connectivity index (χ4v) is 3.35. The summed E-state index contributed by atoms with van der Waals surface area (Å²) in [7, 11) is 0. The van der Waals surface area contributed by atoms with Crippen molar-refractivity contribution >= 4 is 41.4 Å². The summed E-state index contributed by atoms with van der Waals surface area (Å²) in [4.78, 5) is 2.55. The van der Waals surface area contributed by atoms with Gasteiger partial charge in [-0.05, 0) is 36.6 Å². The zero-order chi connectivity index (χ0) is 15.5. The monoisotopic (exact) mass is 378 g/mol. The zero-order valence-corrected chi connectivity index (χ0v) is 15.7. The summed E-state index contributed by atoms with van der Waals surface area (Å²) in [6, 6.07) is 17.7. The molecule has 0 bridgehead atoms. The van der Waals surface area contributed by atoms with E-state index in [4.69, 9.17) is 0 Å². The Morgan fingerprint density at radius 3 is 2.56 bits per heavy atom. The highest BCUT2D eigenvalue weighted by Gasteiger charge is 2.19. The fraction of sp³-hybridized carbons (Fsp3) is 0.316. The third-order valence-electron chi connectivity index (χ3n) is 4.65. The molecule has 0 atom stereocenters. The maximum atomic E-state index is 4.08. The Balaban J connectivity index is 0.00000113. The lowest BCUT2D eigenvalue weighted by Crippen LogP contribution is -2.38. The van der Waals surface area contributed by atoms with Gasteiger partial charge in [0.1, 0.15) is 0 Å². The Hall–Kier alpha value is -1.75. The molecule has 0 amide bonds. The van der Waals surface area contributed by atoms with Crippen molar-refractivity contribution in [1.82, 2.24) is 15.1 Å². The minimum absolute atomic E-state index is 0. The van der Waals surface area contributed by atoms with Gasteiger partial charge >= 0.3 is 0 Å². The Kier molecular flexibility index (Phi) is 7.12. The van der Waals surface area contributed by atoms with Crippen molar-refractivity contribution in [3.63, 3.8) is 0 Å². The molecule has 1 aromatic heterocycles. The molecular weight excluding hydrogens is 355 g/mol. The normalized spacial score (nSPS) is 15.4. The van der Waals surface area contributed by atoms with Crippen LogP contribution in [-0.2, 0) is 6.54 Å². The Bertz CT molecular complexity index is 767. The lowest BCUT2D eigenvalue weighted by Gasteiger charge is -2.33. The van der Waals surface area contributed by atoms with Crippen molar-refractivity contribution in [2.24, 2.45) is 0 Å². The second-order valence-corrected chi connectivity index (χ2v) is 6.35. The van der Waals surface area contributed by atoms with E-state index < -0.39 is 0 Å². The highest BCUT2D eigenvalue weighted by Crippen LogP contribution is 2.21. The van der Waals surface area contributed by atoms with Crippen LogP contribution in [0, 0.1) is 0 Å².